The predicted molar refractivity (Wildman–Crippen MR) is 69.3 cm³/mol. The Morgan fingerprint density at radius 1 is 1.29 bits per heavy atom. The molecule has 1 fully saturated rings. The number of benzene rings is 1. The van der Waals surface area contributed by atoms with Crippen LogP contribution in [0.25, 0.3) is 6.08 Å². The Hall–Kier alpha value is -1.61. The van der Waals surface area contributed by atoms with Gasteiger partial charge < -0.3 is 0 Å². The molecule has 2 rings (SSSR count). The van der Waals surface area contributed by atoms with Gasteiger partial charge in [-0.3, -0.25) is 10.2 Å². The van der Waals surface area contributed by atoms with Gasteiger partial charge in [0.2, 0.25) is 0 Å². The zero-order chi connectivity index (χ0) is 12.5. The number of rotatable bonds is 1. The number of amides is 1. The third-order valence-corrected chi connectivity index (χ3v) is 2.87. The lowest BCUT2D eigenvalue weighted by Crippen LogP contribution is -2.25. The average molecular weight is 230 g/mol. The van der Waals surface area contributed by atoms with Crippen LogP contribution in [0.15, 0.2) is 29.8 Å². The molecular formula is C14H18N2O. The Morgan fingerprint density at radius 2 is 2.06 bits per heavy atom. The molecule has 0 aliphatic carbocycles. The molecule has 90 valence electrons. The first-order valence-electron chi connectivity index (χ1n) is 5.81. The quantitative estimate of drug-likeness (QED) is 0.724. The summed E-state index contributed by atoms with van der Waals surface area (Å²) in [6.45, 7) is 7.13. The average Bonchev–Trinajstić information content (AvgIpc) is 2.64. The molecule has 1 aliphatic heterocycles. The van der Waals surface area contributed by atoms with Crippen molar-refractivity contribution in [2.45, 2.75) is 26.2 Å². The summed E-state index contributed by atoms with van der Waals surface area (Å²) >= 11 is 0. The maximum absolute atomic E-state index is 11.4. The predicted octanol–water partition coefficient (Wildman–Crippen LogP) is 2.00. The van der Waals surface area contributed by atoms with Crippen molar-refractivity contribution < 1.29 is 4.79 Å². The normalized spacial score (nSPS) is 18.5. The summed E-state index contributed by atoms with van der Waals surface area (Å²) in [5.74, 6) is -0.0360. The Balaban J connectivity index is 2.31. The van der Waals surface area contributed by atoms with Crippen LogP contribution in [0.3, 0.4) is 0 Å². The minimum Gasteiger partial charge on any atom is -0.287 e. The summed E-state index contributed by atoms with van der Waals surface area (Å²) in [6, 6.07) is 8.31. The fraction of sp³-hybridized carbons (Fsp3) is 0.357. The molecule has 1 aliphatic rings. The lowest BCUT2D eigenvalue weighted by molar-refractivity contribution is -0.116. The van der Waals surface area contributed by atoms with Crippen LogP contribution in [-0.2, 0) is 10.2 Å². The van der Waals surface area contributed by atoms with Crippen molar-refractivity contribution in [1.29, 1.82) is 0 Å². The molecule has 1 heterocycles. The smallest absolute Gasteiger partial charge is 0.262 e. The minimum absolute atomic E-state index is 0.0360. The molecule has 1 saturated heterocycles. The lowest BCUT2D eigenvalue weighted by atomic mass is 9.86. The molecule has 1 aromatic rings. The minimum atomic E-state index is -0.0360. The van der Waals surface area contributed by atoms with Gasteiger partial charge in [0.25, 0.3) is 5.91 Å². The highest BCUT2D eigenvalue weighted by Crippen LogP contribution is 2.23. The molecule has 2 N–H and O–H groups in total. The first-order valence-corrected chi connectivity index (χ1v) is 5.81. The fourth-order valence-corrected chi connectivity index (χ4v) is 1.79. The number of carbonyl (C=O) groups is 1. The number of hydrazine groups is 1. The molecule has 0 radical (unpaired) electrons. The van der Waals surface area contributed by atoms with E-state index >= 15 is 0 Å². The van der Waals surface area contributed by atoms with Crippen LogP contribution >= 0.6 is 0 Å². The second-order valence-electron chi connectivity index (χ2n) is 5.35. The van der Waals surface area contributed by atoms with Crippen molar-refractivity contribution in [3.63, 3.8) is 0 Å². The van der Waals surface area contributed by atoms with E-state index in [1.807, 2.05) is 18.2 Å². The summed E-state index contributed by atoms with van der Waals surface area (Å²) in [4.78, 5) is 11.4. The van der Waals surface area contributed by atoms with Crippen molar-refractivity contribution in [2.24, 2.45) is 0 Å². The standard InChI is InChI=1S/C14H18N2O/c1-14(2,3)12-6-4-5-10(8-12)7-11-9-15-16-13(11)17/h4-8,15H,9H2,1-3H3,(H,16,17)/b11-7+. The Labute approximate surface area is 102 Å². The Morgan fingerprint density at radius 3 is 2.65 bits per heavy atom. The summed E-state index contributed by atoms with van der Waals surface area (Å²) < 4.78 is 0. The van der Waals surface area contributed by atoms with Crippen LogP contribution in [0.4, 0.5) is 0 Å². The molecule has 0 saturated carbocycles. The summed E-state index contributed by atoms with van der Waals surface area (Å²) in [5.41, 5.74) is 8.65. The van der Waals surface area contributed by atoms with E-state index in [0.717, 1.165) is 11.1 Å². The van der Waals surface area contributed by atoms with Gasteiger partial charge in [0.15, 0.2) is 0 Å². The fourth-order valence-electron chi connectivity index (χ4n) is 1.79. The van der Waals surface area contributed by atoms with E-state index in [9.17, 15) is 4.79 Å². The highest BCUT2D eigenvalue weighted by molar-refractivity contribution is 5.99. The Kier molecular flexibility index (Phi) is 3.03. The van der Waals surface area contributed by atoms with E-state index in [2.05, 4.69) is 43.8 Å². The summed E-state index contributed by atoms with van der Waals surface area (Å²) in [7, 11) is 0. The van der Waals surface area contributed by atoms with Crippen LogP contribution in [0, 0.1) is 0 Å². The van der Waals surface area contributed by atoms with Crippen molar-refractivity contribution in [3.05, 3.63) is 41.0 Å². The van der Waals surface area contributed by atoms with Gasteiger partial charge in [-0.05, 0) is 22.6 Å². The summed E-state index contributed by atoms with van der Waals surface area (Å²) in [6.07, 6.45) is 1.94. The molecule has 17 heavy (non-hydrogen) atoms. The van der Waals surface area contributed by atoms with E-state index in [0.29, 0.717) is 6.54 Å². The molecule has 3 heteroatoms. The molecule has 0 unspecified atom stereocenters. The number of carbonyl (C=O) groups excluding carboxylic acids is 1. The highest BCUT2D eigenvalue weighted by Gasteiger charge is 2.16. The molecule has 0 spiro atoms. The van der Waals surface area contributed by atoms with Crippen molar-refractivity contribution >= 4 is 12.0 Å². The number of nitrogens with one attached hydrogen (secondary N) is 2. The van der Waals surface area contributed by atoms with E-state index < -0.39 is 0 Å². The number of hydrogen-bond donors (Lipinski definition) is 2. The Bertz CT molecular complexity index is 469. The largest absolute Gasteiger partial charge is 0.287 e. The van der Waals surface area contributed by atoms with Crippen LogP contribution in [-0.4, -0.2) is 12.5 Å². The topological polar surface area (TPSA) is 41.1 Å². The first-order chi connectivity index (χ1) is 7.97. The highest BCUT2D eigenvalue weighted by atomic mass is 16.2. The van der Waals surface area contributed by atoms with Crippen molar-refractivity contribution in [1.82, 2.24) is 10.9 Å². The van der Waals surface area contributed by atoms with Crippen molar-refractivity contribution in [2.75, 3.05) is 6.54 Å². The van der Waals surface area contributed by atoms with Gasteiger partial charge in [-0.15, -0.1) is 0 Å². The van der Waals surface area contributed by atoms with Gasteiger partial charge in [0, 0.05) is 12.1 Å². The van der Waals surface area contributed by atoms with E-state index in [1.165, 1.54) is 5.56 Å². The maximum Gasteiger partial charge on any atom is 0.262 e. The van der Waals surface area contributed by atoms with Crippen molar-refractivity contribution in [3.8, 4) is 0 Å². The molecule has 1 aromatic carbocycles. The molecule has 1 amide bonds. The molecule has 0 atom stereocenters. The van der Waals surface area contributed by atoms with E-state index in [1.54, 1.807) is 0 Å². The van der Waals surface area contributed by atoms with Gasteiger partial charge in [-0.2, -0.15) is 0 Å². The van der Waals surface area contributed by atoms with Gasteiger partial charge in [0.1, 0.15) is 0 Å². The van der Waals surface area contributed by atoms with Crippen LogP contribution in [0.1, 0.15) is 31.9 Å². The lowest BCUT2D eigenvalue weighted by Gasteiger charge is -2.19. The van der Waals surface area contributed by atoms with Gasteiger partial charge in [-0.1, -0.05) is 45.0 Å². The summed E-state index contributed by atoms with van der Waals surface area (Å²) in [5, 5.41) is 0. The molecule has 3 nitrogen and oxygen atoms in total. The van der Waals surface area contributed by atoms with Crippen LogP contribution in [0.2, 0.25) is 0 Å². The SMILES string of the molecule is CC(C)(C)c1cccc(/C=C2\CNNC2=O)c1. The van der Waals surface area contributed by atoms with Gasteiger partial charge in [0.05, 0.1) is 0 Å². The maximum atomic E-state index is 11.4. The zero-order valence-electron chi connectivity index (χ0n) is 10.5. The van der Waals surface area contributed by atoms with E-state index in [-0.39, 0.29) is 11.3 Å². The van der Waals surface area contributed by atoms with Crippen LogP contribution < -0.4 is 10.9 Å². The molecular weight excluding hydrogens is 212 g/mol. The third kappa shape index (κ3) is 2.74. The monoisotopic (exact) mass is 230 g/mol. The van der Waals surface area contributed by atoms with E-state index in [4.69, 9.17) is 0 Å². The molecule has 0 bridgehead atoms. The molecule has 0 aromatic heterocycles. The third-order valence-electron chi connectivity index (χ3n) is 2.87. The van der Waals surface area contributed by atoms with Gasteiger partial charge >= 0.3 is 0 Å². The second kappa shape index (κ2) is 4.34. The van der Waals surface area contributed by atoms with Crippen LogP contribution in [0.5, 0.6) is 0 Å². The first kappa shape index (κ1) is 11.9. The second-order valence-corrected chi connectivity index (χ2v) is 5.35. The number of hydrogen-bond acceptors (Lipinski definition) is 2. The van der Waals surface area contributed by atoms with Gasteiger partial charge in [-0.25, -0.2) is 5.43 Å². The zero-order valence-corrected chi connectivity index (χ0v) is 10.5.